The van der Waals surface area contributed by atoms with Crippen molar-refractivity contribution in [2.45, 2.75) is 25.6 Å². The number of methoxy groups -OCH3 is 2. The molecule has 4 heteroatoms. The molecule has 4 nitrogen and oxygen atoms in total. The van der Waals surface area contributed by atoms with Gasteiger partial charge in [-0.05, 0) is 13.8 Å². The fourth-order valence-electron chi connectivity index (χ4n) is 0.507. The van der Waals surface area contributed by atoms with E-state index >= 15 is 0 Å². The van der Waals surface area contributed by atoms with E-state index in [2.05, 4.69) is 4.74 Å². The zero-order valence-corrected chi connectivity index (χ0v) is 7.25. The van der Waals surface area contributed by atoms with Gasteiger partial charge in [0.05, 0.1) is 12.7 Å². The van der Waals surface area contributed by atoms with E-state index in [1.54, 1.807) is 13.8 Å². The molecule has 0 aliphatic rings. The third-order valence-corrected chi connectivity index (χ3v) is 1.61. The molecular formula is C7H14O4. The van der Waals surface area contributed by atoms with E-state index in [1.165, 1.54) is 14.2 Å². The topological polar surface area (TPSA) is 55.8 Å². The maximum atomic E-state index is 10.8. The van der Waals surface area contributed by atoms with Crippen LogP contribution in [0.5, 0.6) is 0 Å². The lowest BCUT2D eigenvalue weighted by atomic mass is 10.0. The van der Waals surface area contributed by atoms with Crippen LogP contribution in [0.2, 0.25) is 0 Å². The molecule has 0 amide bonds. The van der Waals surface area contributed by atoms with Gasteiger partial charge in [0.15, 0.2) is 6.10 Å². The third kappa shape index (κ3) is 2.48. The van der Waals surface area contributed by atoms with Gasteiger partial charge in [0.1, 0.15) is 0 Å². The van der Waals surface area contributed by atoms with Crippen LogP contribution in [-0.2, 0) is 14.3 Å². The molecule has 0 aliphatic carbocycles. The minimum Gasteiger partial charge on any atom is -0.467 e. The van der Waals surface area contributed by atoms with Gasteiger partial charge in [-0.25, -0.2) is 4.79 Å². The van der Waals surface area contributed by atoms with Gasteiger partial charge >= 0.3 is 5.97 Å². The van der Waals surface area contributed by atoms with Crippen molar-refractivity contribution in [2.75, 3.05) is 14.2 Å². The summed E-state index contributed by atoms with van der Waals surface area (Å²) in [6.07, 6.45) is -1.24. The van der Waals surface area contributed by atoms with Crippen molar-refractivity contribution in [3.63, 3.8) is 0 Å². The molecule has 0 saturated heterocycles. The Balaban J connectivity index is 4.22. The number of aliphatic hydroxyl groups is 1. The summed E-state index contributed by atoms with van der Waals surface area (Å²) in [6, 6.07) is 0. The van der Waals surface area contributed by atoms with Crippen LogP contribution in [0.3, 0.4) is 0 Å². The van der Waals surface area contributed by atoms with Gasteiger partial charge < -0.3 is 14.6 Å². The second-order valence-corrected chi connectivity index (χ2v) is 2.73. The van der Waals surface area contributed by atoms with Gasteiger partial charge in [0, 0.05) is 7.11 Å². The quantitative estimate of drug-likeness (QED) is 0.591. The standard InChI is InChI=1S/C7H14O4/c1-7(2,11-4)5(8)6(9)10-3/h5,8H,1-4H3. The minimum absolute atomic E-state index is 0.683. The summed E-state index contributed by atoms with van der Waals surface area (Å²) in [4.78, 5) is 10.8. The Bertz CT molecular complexity index is 141. The molecule has 0 spiro atoms. The maximum absolute atomic E-state index is 10.8. The van der Waals surface area contributed by atoms with Crippen LogP contribution >= 0.6 is 0 Å². The summed E-state index contributed by atoms with van der Waals surface area (Å²) in [7, 11) is 2.64. The second kappa shape index (κ2) is 3.69. The zero-order valence-electron chi connectivity index (χ0n) is 7.25. The number of hydrogen-bond acceptors (Lipinski definition) is 4. The SMILES string of the molecule is COC(=O)C(O)C(C)(C)OC. The van der Waals surface area contributed by atoms with E-state index in [-0.39, 0.29) is 0 Å². The van der Waals surface area contributed by atoms with Gasteiger partial charge in [0.25, 0.3) is 0 Å². The summed E-state index contributed by atoms with van der Waals surface area (Å²) in [6.45, 7) is 3.21. The smallest absolute Gasteiger partial charge is 0.337 e. The van der Waals surface area contributed by atoms with Gasteiger partial charge in [-0.1, -0.05) is 0 Å². The first-order valence-corrected chi connectivity index (χ1v) is 3.26. The summed E-state index contributed by atoms with van der Waals surface area (Å²) >= 11 is 0. The molecule has 0 rings (SSSR count). The maximum Gasteiger partial charge on any atom is 0.337 e. The number of carbonyl (C=O) groups is 1. The average Bonchev–Trinajstić information content (AvgIpc) is 2.01. The van der Waals surface area contributed by atoms with Crippen molar-refractivity contribution in [2.24, 2.45) is 0 Å². The Morgan fingerprint density at radius 3 is 2.18 bits per heavy atom. The summed E-state index contributed by atoms with van der Waals surface area (Å²) in [5, 5.41) is 9.25. The number of hydrogen-bond donors (Lipinski definition) is 1. The highest BCUT2D eigenvalue weighted by Crippen LogP contribution is 2.14. The van der Waals surface area contributed by atoms with E-state index < -0.39 is 17.7 Å². The summed E-state index contributed by atoms with van der Waals surface area (Å²) in [5.74, 6) is -0.683. The van der Waals surface area contributed by atoms with E-state index in [4.69, 9.17) is 4.74 Å². The summed E-state index contributed by atoms with van der Waals surface area (Å²) < 4.78 is 9.20. The van der Waals surface area contributed by atoms with Gasteiger partial charge in [-0.15, -0.1) is 0 Å². The molecule has 0 radical (unpaired) electrons. The molecule has 1 atom stereocenters. The highest BCUT2D eigenvalue weighted by Gasteiger charge is 2.34. The van der Waals surface area contributed by atoms with Crippen LogP contribution in [0.1, 0.15) is 13.8 Å². The van der Waals surface area contributed by atoms with E-state index in [9.17, 15) is 9.90 Å². The monoisotopic (exact) mass is 162 g/mol. The largest absolute Gasteiger partial charge is 0.467 e. The highest BCUT2D eigenvalue weighted by molar-refractivity contribution is 5.75. The number of carbonyl (C=O) groups excluding carboxylic acids is 1. The predicted octanol–water partition coefficient (Wildman–Crippen LogP) is -0.0547. The molecule has 0 aromatic heterocycles. The molecule has 0 bridgehead atoms. The van der Waals surface area contributed by atoms with Gasteiger partial charge in [0.2, 0.25) is 0 Å². The number of rotatable bonds is 3. The molecule has 66 valence electrons. The number of esters is 1. The van der Waals surface area contributed by atoms with Crippen molar-refractivity contribution in [1.82, 2.24) is 0 Å². The second-order valence-electron chi connectivity index (χ2n) is 2.73. The first-order chi connectivity index (χ1) is 4.95. The van der Waals surface area contributed by atoms with Crippen molar-refractivity contribution in [3.05, 3.63) is 0 Å². The van der Waals surface area contributed by atoms with Crippen LogP contribution in [-0.4, -0.2) is 37.0 Å². The fourth-order valence-corrected chi connectivity index (χ4v) is 0.507. The van der Waals surface area contributed by atoms with Crippen molar-refractivity contribution >= 4 is 5.97 Å². The Hall–Kier alpha value is -0.610. The Morgan fingerprint density at radius 1 is 1.45 bits per heavy atom. The fraction of sp³-hybridized carbons (Fsp3) is 0.857. The molecule has 0 heterocycles. The van der Waals surface area contributed by atoms with Crippen molar-refractivity contribution < 1.29 is 19.4 Å². The van der Waals surface area contributed by atoms with Gasteiger partial charge in [-0.2, -0.15) is 0 Å². The molecule has 0 aromatic rings. The van der Waals surface area contributed by atoms with E-state index in [1.807, 2.05) is 0 Å². The number of ether oxygens (including phenoxy) is 2. The third-order valence-electron chi connectivity index (χ3n) is 1.61. The lowest BCUT2D eigenvalue weighted by molar-refractivity contribution is -0.166. The molecule has 0 fully saturated rings. The highest BCUT2D eigenvalue weighted by atomic mass is 16.6. The molecule has 0 saturated carbocycles. The Morgan fingerprint density at radius 2 is 1.91 bits per heavy atom. The number of aliphatic hydroxyl groups excluding tert-OH is 1. The molecule has 0 aliphatic heterocycles. The van der Waals surface area contributed by atoms with Crippen LogP contribution in [0, 0.1) is 0 Å². The Kier molecular flexibility index (Phi) is 3.48. The molecule has 1 unspecified atom stereocenters. The molecule has 1 N–H and O–H groups in total. The summed E-state index contributed by atoms with van der Waals surface area (Å²) in [5.41, 5.74) is -0.896. The van der Waals surface area contributed by atoms with Crippen LogP contribution in [0.25, 0.3) is 0 Å². The predicted molar refractivity (Wildman–Crippen MR) is 39.1 cm³/mol. The first-order valence-electron chi connectivity index (χ1n) is 3.26. The normalized spacial score (nSPS) is 14.3. The van der Waals surface area contributed by atoms with Gasteiger partial charge in [-0.3, -0.25) is 0 Å². The lowest BCUT2D eigenvalue weighted by Crippen LogP contribution is -2.44. The van der Waals surface area contributed by atoms with Crippen LogP contribution < -0.4 is 0 Å². The first kappa shape index (κ1) is 10.4. The van der Waals surface area contributed by atoms with E-state index in [0.717, 1.165) is 0 Å². The lowest BCUT2D eigenvalue weighted by Gasteiger charge is -2.26. The van der Waals surface area contributed by atoms with E-state index in [0.29, 0.717) is 0 Å². The average molecular weight is 162 g/mol. The molecule has 11 heavy (non-hydrogen) atoms. The van der Waals surface area contributed by atoms with Crippen molar-refractivity contribution in [1.29, 1.82) is 0 Å². The Labute approximate surface area is 66.1 Å². The van der Waals surface area contributed by atoms with Crippen molar-refractivity contribution in [3.8, 4) is 0 Å². The molecule has 0 aromatic carbocycles. The zero-order chi connectivity index (χ0) is 9.07. The molecular weight excluding hydrogens is 148 g/mol. The van der Waals surface area contributed by atoms with Crippen LogP contribution in [0.15, 0.2) is 0 Å². The minimum atomic E-state index is -1.24. The van der Waals surface area contributed by atoms with Crippen LogP contribution in [0.4, 0.5) is 0 Å².